The van der Waals surface area contributed by atoms with E-state index in [1.807, 2.05) is 13.8 Å². The summed E-state index contributed by atoms with van der Waals surface area (Å²) in [6, 6.07) is -1.09. The zero-order chi connectivity index (χ0) is 16.8. The number of halogens is 3. The smallest absolute Gasteiger partial charge is 0.407 e. The third-order valence-electron chi connectivity index (χ3n) is 3.46. The molecule has 1 atom stereocenters. The zero-order valence-corrected chi connectivity index (χ0v) is 14.5. The van der Waals surface area contributed by atoms with Crippen LogP contribution < -0.4 is 5.32 Å². The first kappa shape index (κ1) is 19.1. The molecule has 1 aliphatic rings. The molecular weight excluding hydrogens is 362 g/mol. The third-order valence-corrected chi connectivity index (χ3v) is 3.94. The van der Waals surface area contributed by atoms with Crippen molar-refractivity contribution < 1.29 is 23.1 Å². The second-order valence-corrected chi connectivity index (χ2v) is 6.37. The van der Waals surface area contributed by atoms with Crippen LogP contribution in [0.1, 0.15) is 33.1 Å². The summed E-state index contributed by atoms with van der Waals surface area (Å²) in [5.74, 6) is -3.05. The molecule has 0 radical (unpaired) electrons. The molecule has 22 heavy (non-hydrogen) atoms. The fourth-order valence-electron chi connectivity index (χ4n) is 2.40. The van der Waals surface area contributed by atoms with E-state index in [2.05, 4.69) is 21.2 Å². The van der Waals surface area contributed by atoms with E-state index >= 15 is 0 Å². The van der Waals surface area contributed by atoms with Gasteiger partial charge in [-0.2, -0.15) is 0 Å². The SMILES string of the molecule is CC(C)COC(=O)NCCN(C(=O)CBr)C1CCCC1(F)F. The lowest BCUT2D eigenvalue weighted by Gasteiger charge is -2.32. The number of hydrogen-bond acceptors (Lipinski definition) is 3. The highest BCUT2D eigenvalue weighted by atomic mass is 79.9. The summed E-state index contributed by atoms with van der Waals surface area (Å²) in [5.41, 5.74) is 0. The van der Waals surface area contributed by atoms with Gasteiger partial charge in [-0.05, 0) is 18.8 Å². The standard InChI is InChI=1S/C14H23BrF2N2O3/c1-10(2)9-22-13(21)18-6-7-19(12(20)8-15)11-4-3-5-14(11,16)17/h10-11H,3-9H2,1-2H3,(H,18,21). The summed E-state index contributed by atoms with van der Waals surface area (Å²) in [4.78, 5) is 24.5. The number of carbonyl (C=O) groups is 2. The first-order valence-electron chi connectivity index (χ1n) is 7.41. The Morgan fingerprint density at radius 2 is 2.14 bits per heavy atom. The number of nitrogens with one attached hydrogen (secondary N) is 1. The van der Waals surface area contributed by atoms with Gasteiger partial charge in [0.05, 0.1) is 18.0 Å². The monoisotopic (exact) mass is 384 g/mol. The zero-order valence-electron chi connectivity index (χ0n) is 12.9. The van der Waals surface area contributed by atoms with E-state index in [1.165, 1.54) is 0 Å². The molecule has 1 aliphatic carbocycles. The van der Waals surface area contributed by atoms with Crippen LogP contribution in [0, 0.1) is 5.92 Å². The highest BCUT2D eigenvalue weighted by Gasteiger charge is 2.48. The lowest BCUT2D eigenvalue weighted by Crippen LogP contribution is -2.50. The average Bonchev–Trinajstić information content (AvgIpc) is 2.80. The van der Waals surface area contributed by atoms with Gasteiger partial charge in [-0.3, -0.25) is 4.79 Å². The molecule has 0 bridgehead atoms. The van der Waals surface area contributed by atoms with Crippen LogP contribution in [0.4, 0.5) is 13.6 Å². The molecule has 1 saturated carbocycles. The molecule has 0 saturated heterocycles. The van der Waals surface area contributed by atoms with Crippen molar-refractivity contribution in [1.82, 2.24) is 10.2 Å². The van der Waals surface area contributed by atoms with Gasteiger partial charge in [0.1, 0.15) is 0 Å². The molecule has 8 heteroatoms. The van der Waals surface area contributed by atoms with E-state index in [4.69, 9.17) is 4.74 Å². The maximum Gasteiger partial charge on any atom is 0.407 e. The van der Waals surface area contributed by atoms with Gasteiger partial charge in [0, 0.05) is 19.5 Å². The number of rotatable bonds is 7. The van der Waals surface area contributed by atoms with E-state index in [0.717, 1.165) is 4.90 Å². The summed E-state index contributed by atoms with van der Waals surface area (Å²) < 4.78 is 32.6. The van der Waals surface area contributed by atoms with Gasteiger partial charge in [0.2, 0.25) is 5.91 Å². The van der Waals surface area contributed by atoms with E-state index in [-0.39, 0.29) is 43.8 Å². The van der Waals surface area contributed by atoms with Gasteiger partial charge in [-0.1, -0.05) is 29.8 Å². The molecule has 128 valence electrons. The van der Waals surface area contributed by atoms with Crippen LogP contribution in [-0.4, -0.2) is 53.9 Å². The maximum atomic E-state index is 13.8. The minimum Gasteiger partial charge on any atom is -0.449 e. The predicted molar refractivity (Wildman–Crippen MR) is 82.3 cm³/mol. The molecule has 1 unspecified atom stereocenters. The summed E-state index contributed by atoms with van der Waals surface area (Å²) in [6.07, 6.45) is -0.122. The Hall–Kier alpha value is -0.920. The maximum absolute atomic E-state index is 13.8. The fraction of sp³-hybridized carbons (Fsp3) is 0.857. The van der Waals surface area contributed by atoms with Crippen molar-refractivity contribution in [2.45, 2.75) is 45.1 Å². The van der Waals surface area contributed by atoms with Crippen LogP contribution in [0.15, 0.2) is 0 Å². The van der Waals surface area contributed by atoms with Crippen molar-refractivity contribution in [3.63, 3.8) is 0 Å². The van der Waals surface area contributed by atoms with Crippen molar-refractivity contribution in [1.29, 1.82) is 0 Å². The summed E-state index contributed by atoms with van der Waals surface area (Å²) in [7, 11) is 0. The molecule has 5 nitrogen and oxygen atoms in total. The highest BCUT2D eigenvalue weighted by Crippen LogP contribution is 2.38. The van der Waals surface area contributed by atoms with Crippen molar-refractivity contribution in [3.8, 4) is 0 Å². The van der Waals surface area contributed by atoms with Crippen LogP contribution >= 0.6 is 15.9 Å². The minimum atomic E-state index is -2.87. The topological polar surface area (TPSA) is 58.6 Å². The molecule has 0 aromatic carbocycles. The average molecular weight is 385 g/mol. The lowest BCUT2D eigenvalue weighted by atomic mass is 10.1. The molecular formula is C14H23BrF2N2O3. The third kappa shape index (κ3) is 5.70. The minimum absolute atomic E-state index is 0.0165. The number of amides is 2. The van der Waals surface area contributed by atoms with E-state index < -0.39 is 24.0 Å². The molecule has 0 heterocycles. The number of alkyl carbamates (subject to hydrolysis) is 1. The second kappa shape index (κ2) is 8.64. The Morgan fingerprint density at radius 3 is 2.64 bits per heavy atom. The molecule has 0 aromatic rings. The molecule has 2 amide bonds. The number of nitrogens with zero attached hydrogens (tertiary/aromatic N) is 1. The van der Waals surface area contributed by atoms with Gasteiger partial charge in [0.15, 0.2) is 0 Å². The number of alkyl halides is 3. The van der Waals surface area contributed by atoms with Crippen molar-refractivity contribution >= 4 is 27.9 Å². The van der Waals surface area contributed by atoms with Crippen molar-refractivity contribution in [3.05, 3.63) is 0 Å². The Kier molecular flexibility index (Phi) is 7.52. The molecule has 1 N–H and O–H groups in total. The van der Waals surface area contributed by atoms with Crippen LogP contribution in [0.2, 0.25) is 0 Å². The largest absolute Gasteiger partial charge is 0.449 e. The molecule has 0 aromatic heterocycles. The van der Waals surface area contributed by atoms with Gasteiger partial charge in [0.25, 0.3) is 5.92 Å². The Morgan fingerprint density at radius 1 is 1.45 bits per heavy atom. The van der Waals surface area contributed by atoms with E-state index in [0.29, 0.717) is 6.42 Å². The molecule has 0 aliphatic heterocycles. The molecule has 0 spiro atoms. The van der Waals surface area contributed by atoms with Crippen LogP contribution in [0.3, 0.4) is 0 Å². The molecule has 1 fully saturated rings. The Labute approximate surface area is 137 Å². The van der Waals surface area contributed by atoms with Crippen LogP contribution in [0.25, 0.3) is 0 Å². The lowest BCUT2D eigenvalue weighted by molar-refractivity contribution is -0.139. The summed E-state index contributed by atoms with van der Waals surface area (Å²) >= 11 is 3.01. The summed E-state index contributed by atoms with van der Waals surface area (Å²) in [6.45, 7) is 4.23. The van der Waals surface area contributed by atoms with Gasteiger partial charge < -0.3 is 15.0 Å². The number of hydrogen-bond donors (Lipinski definition) is 1. The van der Waals surface area contributed by atoms with Crippen LogP contribution in [0.5, 0.6) is 0 Å². The summed E-state index contributed by atoms with van der Waals surface area (Å²) in [5, 5.41) is 2.47. The first-order valence-corrected chi connectivity index (χ1v) is 8.54. The van der Waals surface area contributed by atoms with Crippen LogP contribution in [-0.2, 0) is 9.53 Å². The Balaban J connectivity index is 2.49. The molecule has 1 rings (SSSR count). The van der Waals surface area contributed by atoms with E-state index in [9.17, 15) is 18.4 Å². The van der Waals surface area contributed by atoms with Gasteiger partial charge >= 0.3 is 6.09 Å². The number of carbonyl (C=O) groups excluding carboxylic acids is 2. The fourth-order valence-corrected chi connectivity index (χ4v) is 2.72. The number of ether oxygens (including phenoxy) is 1. The van der Waals surface area contributed by atoms with Gasteiger partial charge in [-0.25, -0.2) is 13.6 Å². The predicted octanol–water partition coefficient (Wildman–Crippen LogP) is 2.78. The Bertz CT molecular complexity index is 394. The van der Waals surface area contributed by atoms with E-state index in [1.54, 1.807) is 0 Å². The van der Waals surface area contributed by atoms with Crippen molar-refractivity contribution in [2.75, 3.05) is 25.0 Å². The normalized spacial score (nSPS) is 20.0. The first-order chi connectivity index (χ1) is 10.3. The quantitative estimate of drug-likeness (QED) is 0.686. The van der Waals surface area contributed by atoms with Gasteiger partial charge in [-0.15, -0.1) is 0 Å². The highest BCUT2D eigenvalue weighted by molar-refractivity contribution is 9.09. The second-order valence-electron chi connectivity index (χ2n) is 5.81. The van der Waals surface area contributed by atoms with Crippen molar-refractivity contribution in [2.24, 2.45) is 5.92 Å².